The van der Waals surface area contributed by atoms with Crippen molar-refractivity contribution in [3.8, 4) is 5.75 Å². The predicted octanol–water partition coefficient (Wildman–Crippen LogP) is 2.58. The maximum atomic E-state index is 13.3. The minimum atomic E-state index is -4.79. The maximum absolute atomic E-state index is 13.3. The number of amides is 1. The van der Waals surface area contributed by atoms with Gasteiger partial charge in [-0.25, -0.2) is 14.8 Å². The quantitative estimate of drug-likeness (QED) is 0.697. The Morgan fingerprint density at radius 1 is 1.33 bits per heavy atom. The molecular formula is C18H17F3N4O4S. The van der Waals surface area contributed by atoms with Crippen LogP contribution in [0.4, 0.5) is 19.0 Å². The lowest BCUT2D eigenvalue weighted by atomic mass is 9.96. The summed E-state index contributed by atoms with van der Waals surface area (Å²) in [5.41, 5.74) is 0.00520. The Morgan fingerprint density at radius 2 is 2.03 bits per heavy atom. The second-order valence-corrected chi connectivity index (χ2v) is 9.27. The lowest BCUT2D eigenvalue weighted by molar-refractivity contribution is -0.158. The highest BCUT2D eigenvalue weighted by Gasteiger charge is 2.64. The standard InChI is InChI=1S/C18H17F3N4O4S/c1-17(2)11(15(27)28)25-13(26)10(14(25)30-17)23-12-8-5-4-7(29-3)6-9(8)22-16(24-12)18(19,20)21/h4-6,10-11,14H,1-3H3,(H,27,28)(H,22,23,24). The molecule has 0 radical (unpaired) electrons. The van der Waals surface area contributed by atoms with E-state index in [1.807, 2.05) is 0 Å². The van der Waals surface area contributed by atoms with Crippen molar-refractivity contribution in [1.82, 2.24) is 14.9 Å². The van der Waals surface area contributed by atoms with Crippen LogP contribution >= 0.6 is 11.8 Å². The molecule has 1 aromatic heterocycles. The molecule has 30 heavy (non-hydrogen) atoms. The summed E-state index contributed by atoms with van der Waals surface area (Å²) in [7, 11) is 1.38. The minimum Gasteiger partial charge on any atom is -0.497 e. The Balaban J connectivity index is 1.72. The zero-order valence-electron chi connectivity index (χ0n) is 16.0. The first-order valence-corrected chi connectivity index (χ1v) is 9.74. The molecule has 0 spiro atoms. The molecule has 0 aliphatic carbocycles. The van der Waals surface area contributed by atoms with E-state index in [1.165, 1.54) is 35.9 Å². The minimum absolute atomic E-state index is 0.00520. The molecule has 2 N–H and O–H groups in total. The summed E-state index contributed by atoms with van der Waals surface area (Å²) in [5.74, 6) is -2.80. The van der Waals surface area contributed by atoms with Crippen molar-refractivity contribution in [3.05, 3.63) is 24.0 Å². The summed E-state index contributed by atoms with van der Waals surface area (Å²) in [6, 6.07) is 2.48. The van der Waals surface area contributed by atoms with Crippen LogP contribution in [0.3, 0.4) is 0 Å². The molecule has 8 nitrogen and oxygen atoms in total. The summed E-state index contributed by atoms with van der Waals surface area (Å²) in [4.78, 5) is 32.7. The molecule has 2 aliphatic heterocycles. The first-order valence-electron chi connectivity index (χ1n) is 8.86. The van der Waals surface area contributed by atoms with Crippen LogP contribution in [0.15, 0.2) is 18.2 Å². The van der Waals surface area contributed by atoms with Crippen molar-refractivity contribution < 1.29 is 32.6 Å². The number of carboxylic acid groups (broad SMARTS) is 1. The van der Waals surface area contributed by atoms with E-state index in [0.29, 0.717) is 5.75 Å². The van der Waals surface area contributed by atoms with Crippen LogP contribution in [0.5, 0.6) is 5.75 Å². The van der Waals surface area contributed by atoms with Gasteiger partial charge in [-0.05, 0) is 26.0 Å². The van der Waals surface area contributed by atoms with Gasteiger partial charge in [0, 0.05) is 16.2 Å². The SMILES string of the molecule is COc1ccc2c(NC3C(=O)N4C3SC(C)(C)C4C(=O)O)nc(C(F)(F)F)nc2c1. The Bertz CT molecular complexity index is 1060. The van der Waals surface area contributed by atoms with Gasteiger partial charge >= 0.3 is 12.1 Å². The number of aromatic nitrogens is 2. The number of halogens is 3. The van der Waals surface area contributed by atoms with Gasteiger partial charge in [0.15, 0.2) is 0 Å². The molecule has 12 heteroatoms. The van der Waals surface area contributed by atoms with Crippen molar-refractivity contribution in [3.63, 3.8) is 0 Å². The molecule has 3 atom stereocenters. The van der Waals surface area contributed by atoms with Crippen LogP contribution in [0.2, 0.25) is 0 Å². The number of fused-ring (bicyclic) bond motifs is 2. The molecule has 2 aliphatic rings. The van der Waals surface area contributed by atoms with Gasteiger partial charge in [-0.2, -0.15) is 13.2 Å². The summed E-state index contributed by atoms with van der Waals surface area (Å²) in [6.45, 7) is 3.43. The van der Waals surface area contributed by atoms with Gasteiger partial charge in [0.1, 0.15) is 29.0 Å². The number of nitrogens with zero attached hydrogens (tertiary/aromatic N) is 3. The maximum Gasteiger partial charge on any atom is 0.451 e. The Hall–Kier alpha value is -2.76. The number of hydrogen-bond acceptors (Lipinski definition) is 7. The fourth-order valence-corrected chi connectivity index (χ4v) is 5.39. The van der Waals surface area contributed by atoms with Crippen LogP contribution in [0, 0.1) is 0 Å². The third-order valence-electron chi connectivity index (χ3n) is 5.12. The van der Waals surface area contributed by atoms with Crippen molar-refractivity contribution >= 4 is 40.4 Å². The molecule has 0 saturated carbocycles. The number of ether oxygens (including phenoxy) is 1. The van der Waals surface area contributed by atoms with E-state index in [2.05, 4.69) is 15.3 Å². The number of carbonyl (C=O) groups is 2. The molecule has 160 valence electrons. The van der Waals surface area contributed by atoms with Crippen molar-refractivity contribution in [2.24, 2.45) is 0 Å². The first kappa shape index (κ1) is 20.5. The molecule has 2 fully saturated rings. The number of nitrogens with one attached hydrogen (secondary N) is 1. The van der Waals surface area contributed by atoms with E-state index in [-0.39, 0.29) is 16.7 Å². The summed E-state index contributed by atoms with van der Waals surface area (Å²) < 4.78 is 44.3. The van der Waals surface area contributed by atoms with E-state index < -0.39 is 46.1 Å². The number of anilines is 1. The van der Waals surface area contributed by atoms with Crippen LogP contribution in [0.1, 0.15) is 19.7 Å². The smallest absolute Gasteiger partial charge is 0.451 e. The molecule has 2 aromatic rings. The molecular weight excluding hydrogens is 425 g/mol. The van der Waals surface area contributed by atoms with Gasteiger partial charge < -0.3 is 20.1 Å². The summed E-state index contributed by atoms with van der Waals surface area (Å²) >= 11 is 1.28. The number of methoxy groups -OCH3 is 1. The van der Waals surface area contributed by atoms with Gasteiger partial charge in [-0.3, -0.25) is 4.79 Å². The van der Waals surface area contributed by atoms with Gasteiger partial charge in [0.05, 0.1) is 12.6 Å². The highest BCUT2D eigenvalue weighted by atomic mass is 32.2. The highest BCUT2D eigenvalue weighted by Crippen LogP contribution is 2.51. The van der Waals surface area contributed by atoms with Gasteiger partial charge in [0.25, 0.3) is 0 Å². The second-order valence-electron chi connectivity index (χ2n) is 7.50. The lowest BCUT2D eigenvalue weighted by Crippen LogP contribution is -2.68. The molecule has 2 saturated heterocycles. The van der Waals surface area contributed by atoms with E-state index in [1.54, 1.807) is 19.9 Å². The van der Waals surface area contributed by atoms with Crippen molar-refractivity contribution in [2.75, 3.05) is 12.4 Å². The fourth-order valence-electron chi connectivity index (χ4n) is 3.77. The molecule has 3 heterocycles. The van der Waals surface area contributed by atoms with Crippen LogP contribution in [-0.4, -0.2) is 61.2 Å². The topological polar surface area (TPSA) is 105 Å². The molecule has 1 aromatic carbocycles. The number of carbonyl (C=O) groups excluding carboxylic acids is 1. The Kier molecular flexibility index (Phi) is 4.53. The third kappa shape index (κ3) is 3.09. The average Bonchev–Trinajstić information content (AvgIpc) is 2.92. The Morgan fingerprint density at radius 3 is 2.63 bits per heavy atom. The average molecular weight is 442 g/mol. The number of aliphatic carboxylic acids is 1. The van der Waals surface area contributed by atoms with Crippen LogP contribution < -0.4 is 10.1 Å². The van der Waals surface area contributed by atoms with E-state index >= 15 is 0 Å². The van der Waals surface area contributed by atoms with Crippen molar-refractivity contribution in [2.45, 2.75) is 42.2 Å². The first-order chi connectivity index (χ1) is 13.9. The monoisotopic (exact) mass is 442 g/mol. The summed E-state index contributed by atoms with van der Waals surface area (Å²) in [6.07, 6.45) is -4.79. The molecule has 1 amide bonds. The number of alkyl halides is 3. The lowest BCUT2D eigenvalue weighted by Gasteiger charge is -2.43. The van der Waals surface area contributed by atoms with Crippen molar-refractivity contribution in [1.29, 1.82) is 0 Å². The molecule has 3 unspecified atom stereocenters. The second kappa shape index (κ2) is 6.62. The number of rotatable bonds is 4. The summed E-state index contributed by atoms with van der Waals surface area (Å²) in [5, 5.41) is 12.0. The molecule has 4 rings (SSSR count). The van der Waals surface area contributed by atoms with Crippen LogP contribution in [0.25, 0.3) is 10.9 Å². The molecule has 0 bridgehead atoms. The number of carboxylic acids is 1. The largest absolute Gasteiger partial charge is 0.497 e. The number of hydrogen-bond donors (Lipinski definition) is 2. The van der Waals surface area contributed by atoms with Crippen LogP contribution in [-0.2, 0) is 15.8 Å². The Labute approximate surface area is 172 Å². The number of β-lactam (4-membered cyclic amide) rings is 1. The number of thioether (sulfide) groups is 1. The number of benzene rings is 1. The zero-order valence-corrected chi connectivity index (χ0v) is 16.8. The third-order valence-corrected chi connectivity index (χ3v) is 6.70. The predicted molar refractivity (Wildman–Crippen MR) is 102 cm³/mol. The highest BCUT2D eigenvalue weighted by molar-refractivity contribution is 8.01. The van der Waals surface area contributed by atoms with Gasteiger partial charge in [-0.15, -0.1) is 11.8 Å². The van der Waals surface area contributed by atoms with E-state index in [9.17, 15) is 27.9 Å². The van der Waals surface area contributed by atoms with E-state index in [0.717, 1.165) is 0 Å². The van der Waals surface area contributed by atoms with Gasteiger partial charge in [-0.1, -0.05) is 0 Å². The van der Waals surface area contributed by atoms with Gasteiger partial charge in [0.2, 0.25) is 11.7 Å². The van der Waals surface area contributed by atoms with E-state index in [4.69, 9.17) is 4.74 Å². The zero-order chi connectivity index (χ0) is 22.0. The fraction of sp³-hybridized carbons (Fsp3) is 0.444. The normalized spacial score (nSPS) is 25.1.